The fraction of sp³-hybridized carbons (Fsp3) is 0.100. The van der Waals surface area contributed by atoms with Gasteiger partial charge in [-0.15, -0.1) is 0 Å². The monoisotopic (exact) mass is 353 g/mol. The molecule has 4 nitrogen and oxygen atoms in total. The topological polar surface area (TPSA) is 54.0 Å². The van der Waals surface area contributed by atoms with Crippen LogP contribution in [0.25, 0.3) is 0 Å². The first-order valence-corrected chi connectivity index (χ1v) is 8.12. The summed E-state index contributed by atoms with van der Waals surface area (Å²) < 4.78 is 26.1. The van der Waals surface area contributed by atoms with Crippen LogP contribution in [0.3, 0.4) is 0 Å². The number of hydrogen-bond donors (Lipinski definition) is 2. The Morgan fingerprint density at radius 2 is 1.69 bits per heavy atom. The van der Waals surface area contributed by atoms with E-state index in [0.29, 0.717) is 30.0 Å². The van der Waals surface area contributed by atoms with Gasteiger partial charge in [-0.25, -0.2) is 13.8 Å². The number of aryl methyl sites for hydroxylation is 1. The second-order valence-corrected chi connectivity index (χ2v) is 5.72. The van der Waals surface area contributed by atoms with E-state index in [1.165, 1.54) is 12.3 Å². The van der Waals surface area contributed by atoms with Crippen molar-refractivity contribution in [2.45, 2.75) is 12.8 Å². The van der Waals surface area contributed by atoms with Crippen LogP contribution in [0.2, 0.25) is 0 Å². The Hall–Kier alpha value is -3.28. The Labute approximate surface area is 149 Å². The number of rotatable bonds is 6. The van der Waals surface area contributed by atoms with Crippen LogP contribution in [-0.4, -0.2) is 10.9 Å². The lowest BCUT2D eigenvalue weighted by Crippen LogP contribution is -2.13. The number of amides is 1. The van der Waals surface area contributed by atoms with Crippen LogP contribution in [0.1, 0.15) is 12.0 Å². The normalized spacial score (nSPS) is 10.4. The van der Waals surface area contributed by atoms with Crippen molar-refractivity contribution in [2.75, 3.05) is 10.6 Å². The molecule has 0 bridgehead atoms. The zero-order chi connectivity index (χ0) is 18.4. The van der Waals surface area contributed by atoms with Crippen LogP contribution >= 0.6 is 0 Å². The van der Waals surface area contributed by atoms with Crippen molar-refractivity contribution in [3.8, 4) is 0 Å². The summed E-state index contributed by atoms with van der Waals surface area (Å²) in [6.45, 7) is 0. The molecule has 0 saturated heterocycles. The minimum absolute atomic E-state index is 0.123. The molecular formula is C20H17F2N3O. The van der Waals surface area contributed by atoms with Gasteiger partial charge in [-0.05, 0) is 36.2 Å². The van der Waals surface area contributed by atoms with E-state index in [2.05, 4.69) is 15.6 Å². The molecule has 0 radical (unpaired) electrons. The molecule has 6 heteroatoms. The standard InChI is InChI=1S/C20H17F2N3O/c21-17-9-7-15(12-18(17)22)24-16-8-10-19(23-13-16)25-20(26)11-6-14-4-2-1-3-5-14/h1-5,7-10,12-13,24H,6,11H2,(H,23,25,26). The van der Waals surface area contributed by atoms with Crippen molar-refractivity contribution < 1.29 is 13.6 Å². The van der Waals surface area contributed by atoms with Gasteiger partial charge in [0.05, 0.1) is 11.9 Å². The smallest absolute Gasteiger partial charge is 0.225 e. The third-order valence-electron chi connectivity index (χ3n) is 3.72. The van der Waals surface area contributed by atoms with Crippen molar-refractivity contribution in [1.29, 1.82) is 0 Å². The number of aromatic nitrogens is 1. The first-order valence-electron chi connectivity index (χ1n) is 8.12. The van der Waals surface area contributed by atoms with Crippen molar-refractivity contribution in [2.24, 2.45) is 0 Å². The maximum atomic E-state index is 13.2. The number of carbonyl (C=O) groups is 1. The van der Waals surface area contributed by atoms with E-state index in [1.807, 2.05) is 30.3 Å². The van der Waals surface area contributed by atoms with Crippen molar-refractivity contribution in [3.05, 3.63) is 84.1 Å². The molecule has 3 aromatic rings. The molecule has 1 amide bonds. The highest BCUT2D eigenvalue weighted by Crippen LogP contribution is 2.19. The van der Waals surface area contributed by atoms with Gasteiger partial charge >= 0.3 is 0 Å². The third-order valence-corrected chi connectivity index (χ3v) is 3.72. The number of benzene rings is 2. The molecule has 0 spiro atoms. The minimum atomic E-state index is -0.926. The number of carbonyl (C=O) groups excluding carboxylic acids is 1. The van der Waals surface area contributed by atoms with Crippen LogP contribution in [-0.2, 0) is 11.2 Å². The number of halogens is 2. The zero-order valence-electron chi connectivity index (χ0n) is 13.9. The lowest BCUT2D eigenvalue weighted by atomic mass is 10.1. The first kappa shape index (κ1) is 17.5. The summed E-state index contributed by atoms with van der Waals surface area (Å²) in [4.78, 5) is 16.1. The highest BCUT2D eigenvalue weighted by Gasteiger charge is 2.06. The Bertz CT molecular complexity index is 883. The molecule has 132 valence electrons. The van der Waals surface area contributed by atoms with Gasteiger partial charge in [0.2, 0.25) is 5.91 Å². The second-order valence-electron chi connectivity index (χ2n) is 5.72. The van der Waals surface area contributed by atoms with Gasteiger partial charge in [0.25, 0.3) is 0 Å². The lowest BCUT2D eigenvalue weighted by molar-refractivity contribution is -0.116. The molecule has 0 aliphatic carbocycles. The second kappa shape index (κ2) is 8.20. The minimum Gasteiger partial charge on any atom is -0.354 e. The zero-order valence-corrected chi connectivity index (χ0v) is 13.9. The van der Waals surface area contributed by atoms with E-state index < -0.39 is 11.6 Å². The van der Waals surface area contributed by atoms with Gasteiger partial charge in [0, 0.05) is 18.2 Å². The Morgan fingerprint density at radius 3 is 2.38 bits per heavy atom. The molecule has 0 aliphatic heterocycles. The number of nitrogens with zero attached hydrogens (tertiary/aromatic N) is 1. The molecule has 2 aromatic carbocycles. The Balaban J connectivity index is 1.53. The molecule has 2 N–H and O–H groups in total. The third kappa shape index (κ3) is 4.86. The molecule has 0 saturated carbocycles. The summed E-state index contributed by atoms with van der Waals surface area (Å²) in [6.07, 6.45) is 2.52. The highest BCUT2D eigenvalue weighted by atomic mass is 19.2. The van der Waals surface area contributed by atoms with Crippen LogP contribution in [0.5, 0.6) is 0 Å². The largest absolute Gasteiger partial charge is 0.354 e. The van der Waals surface area contributed by atoms with Gasteiger partial charge in [-0.1, -0.05) is 30.3 Å². The number of hydrogen-bond acceptors (Lipinski definition) is 3. The van der Waals surface area contributed by atoms with Crippen molar-refractivity contribution >= 4 is 23.1 Å². The fourth-order valence-electron chi connectivity index (χ4n) is 2.39. The molecule has 0 aliphatic rings. The quantitative estimate of drug-likeness (QED) is 0.677. The summed E-state index contributed by atoms with van der Waals surface area (Å²) in [5.41, 5.74) is 2.10. The van der Waals surface area contributed by atoms with Crippen LogP contribution in [0, 0.1) is 11.6 Å². The summed E-state index contributed by atoms with van der Waals surface area (Å²) >= 11 is 0. The molecule has 3 rings (SSSR count). The van der Waals surface area contributed by atoms with Gasteiger partial charge in [-0.3, -0.25) is 4.79 Å². The van der Waals surface area contributed by atoms with Gasteiger partial charge in [0.1, 0.15) is 5.82 Å². The molecule has 0 unspecified atom stereocenters. The van der Waals surface area contributed by atoms with Gasteiger partial charge in [0.15, 0.2) is 11.6 Å². The number of nitrogens with one attached hydrogen (secondary N) is 2. The molecular weight excluding hydrogens is 336 g/mol. The van der Waals surface area contributed by atoms with E-state index in [0.717, 1.165) is 17.7 Å². The van der Waals surface area contributed by atoms with E-state index in [1.54, 1.807) is 12.1 Å². The van der Waals surface area contributed by atoms with Crippen LogP contribution in [0.15, 0.2) is 66.9 Å². The molecule has 26 heavy (non-hydrogen) atoms. The van der Waals surface area contributed by atoms with E-state index in [4.69, 9.17) is 0 Å². The van der Waals surface area contributed by atoms with Crippen molar-refractivity contribution in [1.82, 2.24) is 4.98 Å². The predicted molar refractivity (Wildman–Crippen MR) is 97.3 cm³/mol. The average molecular weight is 353 g/mol. The van der Waals surface area contributed by atoms with Gasteiger partial charge < -0.3 is 10.6 Å². The van der Waals surface area contributed by atoms with E-state index in [9.17, 15) is 13.6 Å². The first-order chi connectivity index (χ1) is 12.6. The van der Waals surface area contributed by atoms with Gasteiger partial charge in [-0.2, -0.15) is 0 Å². The van der Waals surface area contributed by atoms with E-state index >= 15 is 0 Å². The summed E-state index contributed by atoms with van der Waals surface area (Å²) in [7, 11) is 0. The molecule has 1 aromatic heterocycles. The SMILES string of the molecule is O=C(CCc1ccccc1)Nc1ccc(Nc2ccc(F)c(F)c2)cn1. The predicted octanol–water partition coefficient (Wildman–Crippen LogP) is 4.67. The number of anilines is 3. The Kier molecular flexibility index (Phi) is 5.53. The Morgan fingerprint density at radius 1 is 0.923 bits per heavy atom. The molecule has 0 atom stereocenters. The molecule has 0 fully saturated rings. The fourth-order valence-corrected chi connectivity index (χ4v) is 2.39. The summed E-state index contributed by atoms with van der Waals surface area (Å²) in [6, 6.07) is 16.6. The lowest BCUT2D eigenvalue weighted by Gasteiger charge is -2.08. The maximum absolute atomic E-state index is 13.2. The summed E-state index contributed by atoms with van der Waals surface area (Å²) in [5, 5.41) is 5.65. The maximum Gasteiger partial charge on any atom is 0.225 e. The van der Waals surface area contributed by atoms with E-state index in [-0.39, 0.29) is 5.91 Å². The number of pyridine rings is 1. The van der Waals surface area contributed by atoms with Crippen LogP contribution in [0.4, 0.5) is 26.0 Å². The summed E-state index contributed by atoms with van der Waals surface area (Å²) in [5.74, 6) is -1.52. The van der Waals surface area contributed by atoms with Crippen molar-refractivity contribution in [3.63, 3.8) is 0 Å². The average Bonchev–Trinajstić information content (AvgIpc) is 2.65. The molecule has 1 heterocycles. The highest BCUT2D eigenvalue weighted by molar-refractivity contribution is 5.90. The van der Waals surface area contributed by atoms with Crippen LogP contribution < -0.4 is 10.6 Å².